The SMILES string of the molecule is CCN(CC)C(=O)c1cn(C2CCC23CCN(C(=O)Cc2c(C)noc2C)CC3)nn1. The molecule has 0 N–H and O–H groups in total. The Morgan fingerprint density at radius 2 is 1.90 bits per heavy atom. The quantitative estimate of drug-likeness (QED) is 0.701. The molecule has 4 rings (SSSR count). The lowest BCUT2D eigenvalue weighted by atomic mass is 9.59. The van der Waals surface area contributed by atoms with Crippen LogP contribution in [0.1, 0.15) is 73.1 Å². The highest BCUT2D eigenvalue weighted by Gasteiger charge is 2.50. The monoisotopic (exact) mass is 428 g/mol. The minimum absolute atomic E-state index is 0.0654. The van der Waals surface area contributed by atoms with Gasteiger partial charge in [0, 0.05) is 31.7 Å². The minimum atomic E-state index is -0.0654. The summed E-state index contributed by atoms with van der Waals surface area (Å²) in [5, 5.41) is 12.4. The number of aromatic nitrogens is 4. The molecule has 1 atom stereocenters. The maximum atomic E-state index is 12.8. The number of piperidine rings is 1. The van der Waals surface area contributed by atoms with E-state index in [0.29, 0.717) is 25.2 Å². The zero-order valence-electron chi connectivity index (χ0n) is 18.9. The maximum Gasteiger partial charge on any atom is 0.276 e. The molecule has 2 aromatic rings. The molecule has 0 radical (unpaired) electrons. The second kappa shape index (κ2) is 8.43. The van der Waals surface area contributed by atoms with Gasteiger partial charge < -0.3 is 14.3 Å². The van der Waals surface area contributed by atoms with Crippen LogP contribution in [0.4, 0.5) is 0 Å². The fourth-order valence-electron chi connectivity index (χ4n) is 5.10. The van der Waals surface area contributed by atoms with E-state index in [2.05, 4.69) is 15.5 Å². The molecule has 1 spiro atoms. The van der Waals surface area contributed by atoms with Crippen LogP contribution in [0.2, 0.25) is 0 Å². The van der Waals surface area contributed by atoms with Crippen LogP contribution in [-0.2, 0) is 11.2 Å². The van der Waals surface area contributed by atoms with Crippen molar-refractivity contribution in [1.29, 1.82) is 0 Å². The molecule has 3 heterocycles. The number of rotatable bonds is 6. The van der Waals surface area contributed by atoms with Crippen LogP contribution in [0.25, 0.3) is 0 Å². The van der Waals surface area contributed by atoms with E-state index in [4.69, 9.17) is 4.52 Å². The maximum absolute atomic E-state index is 12.8. The molecule has 1 saturated heterocycles. The van der Waals surface area contributed by atoms with Gasteiger partial charge in [-0.2, -0.15) is 0 Å². The molecule has 9 nitrogen and oxygen atoms in total. The summed E-state index contributed by atoms with van der Waals surface area (Å²) in [5.41, 5.74) is 2.25. The van der Waals surface area contributed by atoms with Crippen LogP contribution in [0.3, 0.4) is 0 Å². The van der Waals surface area contributed by atoms with Crippen molar-refractivity contribution >= 4 is 11.8 Å². The Morgan fingerprint density at radius 3 is 2.45 bits per heavy atom. The van der Waals surface area contributed by atoms with Gasteiger partial charge in [-0.1, -0.05) is 10.4 Å². The van der Waals surface area contributed by atoms with E-state index < -0.39 is 0 Å². The van der Waals surface area contributed by atoms with Gasteiger partial charge in [0.15, 0.2) is 5.69 Å². The second-order valence-electron chi connectivity index (χ2n) is 8.84. The second-order valence-corrected chi connectivity index (χ2v) is 8.84. The zero-order valence-corrected chi connectivity index (χ0v) is 18.9. The molecule has 2 fully saturated rings. The first-order valence-corrected chi connectivity index (χ1v) is 11.3. The fourth-order valence-corrected chi connectivity index (χ4v) is 5.10. The summed E-state index contributed by atoms with van der Waals surface area (Å²) in [6.45, 7) is 10.5. The molecule has 2 aromatic heterocycles. The summed E-state index contributed by atoms with van der Waals surface area (Å²) < 4.78 is 7.08. The van der Waals surface area contributed by atoms with Crippen LogP contribution in [0.15, 0.2) is 10.7 Å². The number of amides is 2. The third kappa shape index (κ3) is 3.85. The molecular weight excluding hydrogens is 396 g/mol. The van der Waals surface area contributed by atoms with Gasteiger partial charge in [-0.25, -0.2) is 4.68 Å². The summed E-state index contributed by atoms with van der Waals surface area (Å²) in [6.07, 6.45) is 6.21. The van der Waals surface area contributed by atoms with Gasteiger partial charge in [-0.3, -0.25) is 9.59 Å². The Balaban J connectivity index is 1.38. The summed E-state index contributed by atoms with van der Waals surface area (Å²) >= 11 is 0. The van der Waals surface area contributed by atoms with E-state index in [1.165, 1.54) is 0 Å². The Kier molecular flexibility index (Phi) is 5.85. The highest BCUT2D eigenvalue weighted by atomic mass is 16.5. The molecule has 0 aromatic carbocycles. The van der Waals surface area contributed by atoms with Crippen LogP contribution in [0.5, 0.6) is 0 Å². The van der Waals surface area contributed by atoms with Gasteiger partial charge >= 0.3 is 0 Å². The van der Waals surface area contributed by atoms with Crippen molar-refractivity contribution in [3.05, 3.63) is 28.9 Å². The van der Waals surface area contributed by atoms with Crippen LogP contribution >= 0.6 is 0 Å². The molecular formula is C22H32N6O3. The zero-order chi connectivity index (χ0) is 22.2. The van der Waals surface area contributed by atoms with Gasteiger partial charge in [-0.15, -0.1) is 5.10 Å². The predicted molar refractivity (Wildman–Crippen MR) is 113 cm³/mol. The van der Waals surface area contributed by atoms with E-state index in [1.807, 2.05) is 37.3 Å². The first kappa shape index (κ1) is 21.5. The van der Waals surface area contributed by atoms with E-state index in [0.717, 1.165) is 55.8 Å². The molecule has 168 valence electrons. The minimum Gasteiger partial charge on any atom is -0.361 e. The summed E-state index contributed by atoms with van der Waals surface area (Å²) in [7, 11) is 0. The van der Waals surface area contributed by atoms with Gasteiger partial charge in [-0.05, 0) is 58.8 Å². The Morgan fingerprint density at radius 1 is 1.19 bits per heavy atom. The number of likely N-dealkylation sites (tertiary alicyclic amines) is 1. The van der Waals surface area contributed by atoms with Crippen LogP contribution < -0.4 is 0 Å². The van der Waals surface area contributed by atoms with E-state index in [1.54, 1.807) is 11.1 Å². The van der Waals surface area contributed by atoms with Crippen molar-refractivity contribution in [2.24, 2.45) is 5.41 Å². The van der Waals surface area contributed by atoms with Gasteiger partial charge in [0.2, 0.25) is 5.91 Å². The van der Waals surface area contributed by atoms with Crippen molar-refractivity contribution in [2.45, 2.75) is 65.8 Å². The Labute approximate surface area is 182 Å². The lowest BCUT2D eigenvalue weighted by Gasteiger charge is -2.53. The average Bonchev–Trinajstić information content (AvgIpc) is 3.36. The molecule has 9 heteroatoms. The lowest BCUT2D eigenvalue weighted by molar-refractivity contribution is -0.135. The van der Waals surface area contributed by atoms with Crippen LogP contribution in [-0.4, -0.2) is 67.9 Å². The van der Waals surface area contributed by atoms with Crippen molar-refractivity contribution in [2.75, 3.05) is 26.2 Å². The number of carbonyl (C=O) groups excluding carboxylic acids is 2. The predicted octanol–water partition coefficient (Wildman–Crippen LogP) is 2.55. The first-order valence-electron chi connectivity index (χ1n) is 11.3. The van der Waals surface area contributed by atoms with Crippen molar-refractivity contribution < 1.29 is 14.1 Å². The summed E-state index contributed by atoms with van der Waals surface area (Å²) in [4.78, 5) is 29.1. The average molecular weight is 429 g/mol. The van der Waals surface area contributed by atoms with E-state index in [9.17, 15) is 9.59 Å². The van der Waals surface area contributed by atoms with E-state index in [-0.39, 0.29) is 23.3 Å². The lowest BCUT2D eigenvalue weighted by Crippen LogP contribution is -2.51. The first-order chi connectivity index (χ1) is 14.9. The van der Waals surface area contributed by atoms with Crippen molar-refractivity contribution in [1.82, 2.24) is 30.0 Å². The topological polar surface area (TPSA) is 97.4 Å². The van der Waals surface area contributed by atoms with Gasteiger partial charge in [0.05, 0.1) is 24.4 Å². The molecule has 31 heavy (non-hydrogen) atoms. The van der Waals surface area contributed by atoms with Crippen molar-refractivity contribution in [3.63, 3.8) is 0 Å². The highest BCUT2D eigenvalue weighted by Crippen LogP contribution is 2.56. The number of nitrogens with zero attached hydrogens (tertiary/aromatic N) is 6. The molecule has 1 aliphatic carbocycles. The third-order valence-corrected chi connectivity index (χ3v) is 7.34. The molecule has 0 bridgehead atoms. The number of hydrogen-bond acceptors (Lipinski definition) is 6. The Hall–Kier alpha value is -2.71. The summed E-state index contributed by atoms with van der Waals surface area (Å²) in [6, 6.07) is 0.248. The number of carbonyl (C=O) groups is 2. The highest BCUT2D eigenvalue weighted by molar-refractivity contribution is 5.91. The third-order valence-electron chi connectivity index (χ3n) is 7.34. The fraction of sp³-hybridized carbons (Fsp3) is 0.682. The molecule has 1 aliphatic heterocycles. The van der Waals surface area contributed by atoms with E-state index >= 15 is 0 Å². The Bertz CT molecular complexity index is 933. The molecule has 1 saturated carbocycles. The van der Waals surface area contributed by atoms with Crippen LogP contribution in [0, 0.1) is 19.3 Å². The van der Waals surface area contributed by atoms with Gasteiger partial charge in [0.25, 0.3) is 5.91 Å². The standard InChI is InChI=1S/C22H32N6O3/c1-5-26(6-2)21(30)18-14-28(25-23-18)19-7-8-22(19)9-11-27(12-10-22)20(29)13-17-15(3)24-31-16(17)4/h14,19H,5-13H2,1-4H3. The smallest absolute Gasteiger partial charge is 0.276 e. The number of aryl methyl sites for hydroxylation is 2. The largest absolute Gasteiger partial charge is 0.361 e. The number of hydrogen-bond donors (Lipinski definition) is 0. The molecule has 1 unspecified atom stereocenters. The normalized spacial score (nSPS) is 20.0. The summed E-state index contributed by atoms with van der Waals surface area (Å²) in [5.74, 6) is 0.789. The van der Waals surface area contributed by atoms with Crippen molar-refractivity contribution in [3.8, 4) is 0 Å². The molecule has 2 amide bonds. The molecule has 2 aliphatic rings. The van der Waals surface area contributed by atoms with Gasteiger partial charge in [0.1, 0.15) is 5.76 Å².